The number of nitrogens with one attached hydrogen (secondary N) is 1. The lowest BCUT2D eigenvalue weighted by Crippen LogP contribution is -2.11. The van der Waals surface area contributed by atoms with E-state index >= 15 is 0 Å². The number of H-pyrrole nitrogens is 1. The molecule has 0 aliphatic rings. The lowest BCUT2D eigenvalue weighted by atomic mass is 10.1. The highest BCUT2D eigenvalue weighted by Gasteiger charge is 2.05. The van der Waals surface area contributed by atoms with Crippen LogP contribution in [0.2, 0.25) is 0 Å². The first-order valence-corrected chi connectivity index (χ1v) is 4.76. The summed E-state index contributed by atoms with van der Waals surface area (Å²) in [6.45, 7) is 1.87. The molecule has 0 saturated carbocycles. The minimum Gasteiger partial charge on any atom is -0.495 e. The molecule has 82 valence electrons. The van der Waals surface area contributed by atoms with Gasteiger partial charge in [0.2, 0.25) is 0 Å². The van der Waals surface area contributed by atoms with Gasteiger partial charge in [0.15, 0.2) is 0 Å². The molecule has 2 aromatic heterocycles. The van der Waals surface area contributed by atoms with Gasteiger partial charge in [-0.15, -0.1) is 0 Å². The van der Waals surface area contributed by atoms with Crippen LogP contribution in [0.4, 0.5) is 0 Å². The molecule has 0 aliphatic carbocycles. The highest BCUT2D eigenvalue weighted by molar-refractivity contribution is 5.62. The van der Waals surface area contributed by atoms with E-state index in [1.807, 2.05) is 13.0 Å². The van der Waals surface area contributed by atoms with Gasteiger partial charge >= 0.3 is 5.69 Å². The zero-order valence-electron chi connectivity index (χ0n) is 9.02. The first-order valence-electron chi connectivity index (χ1n) is 4.76. The molecule has 0 fully saturated rings. The van der Waals surface area contributed by atoms with Crippen molar-refractivity contribution in [3.05, 3.63) is 40.7 Å². The molecule has 2 rings (SSSR count). The fraction of sp³-hybridized carbons (Fsp3) is 0.182. The average molecular weight is 217 g/mol. The standard InChI is InChI=1S/C11H11N3O2/c1-7-4-13-11(15)14-10(7)8-3-9(16-2)6-12-5-8/h3-6H,1-2H3,(H,13,14,15). The summed E-state index contributed by atoms with van der Waals surface area (Å²) in [6, 6.07) is 1.81. The number of aryl methyl sites for hydroxylation is 1. The number of hydrogen-bond donors (Lipinski definition) is 1. The Bertz CT molecular complexity index is 563. The number of methoxy groups -OCH3 is 1. The number of hydrogen-bond acceptors (Lipinski definition) is 4. The Morgan fingerprint density at radius 2 is 2.12 bits per heavy atom. The van der Waals surface area contributed by atoms with Crippen LogP contribution in [0.3, 0.4) is 0 Å². The summed E-state index contributed by atoms with van der Waals surface area (Å²) < 4.78 is 5.08. The second kappa shape index (κ2) is 4.14. The van der Waals surface area contributed by atoms with Crippen LogP contribution in [-0.2, 0) is 0 Å². The molecule has 16 heavy (non-hydrogen) atoms. The van der Waals surface area contributed by atoms with Crippen molar-refractivity contribution in [2.45, 2.75) is 6.92 Å². The molecule has 0 radical (unpaired) electrons. The first kappa shape index (κ1) is 10.4. The molecule has 1 N–H and O–H groups in total. The molecular formula is C11H11N3O2. The van der Waals surface area contributed by atoms with Crippen LogP contribution in [0, 0.1) is 6.92 Å². The van der Waals surface area contributed by atoms with Crippen molar-refractivity contribution in [3.8, 4) is 17.0 Å². The third-order valence-electron chi connectivity index (χ3n) is 2.24. The van der Waals surface area contributed by atoms with Crippen LogP contribution < -0.4 is 10.4 Å². The number of ether oxygens (including phenoxy) is 1. The van der Waals surface area contributed by atoms with E-state index in [9.17, 15) is 4.79 Å². The maximum absolute atomic E-state index is 11.2. The number of rotatable bonds is 2. The van der Waals surface area contributed by atoms with Gasteiger partial charge in [0, 0.05) is 18.0 Å². The van der Waals surface area contributed by atoms with Crippen LogP contribution in [-0.4, -0.2) is 22.1 Å². The zero-order valence-corrected chi connectivity index (χ0v) is 9.02. The van der Waals surface area contributed by atoms with E-state index in [-0.39, 0.29) is 5.69 Å². The zero-order chi connectivity index (χ0) is 11.5. The third-order valence-corrected chi connectivity index (χ3v) is 2.24. The van der Waals surface area contributed by atoms with Crippen LogP contribution in [0.1, 0.15) is 5.56 Å². The molecule has 5 nitrogen and oxygen atoms in total. The Kier molecular flexibility index (Phi) is 2.68. The first-order chi connectivity index (χ1) is 7.70. The summed E-state index contributed by atoms with van der Waals surface area (Å²) in [7, 11) is 1.57. The van der Waals surface area contributed by atoms with Gasteiger partial charge in [-0.25, -0.2) is 9.78 Å². The molecule has 0 bridgehead atoms. The second-order valence-electron chi connectivity index (χ2n) is 3.36. The van der Waals surface area contributed by atoms with Gasteiger partial charge in [-0.2, -0.15) is 0 Å². The second-order valence-corrected chi connectivity index (χ2v) is 3.36. The van der Waals surface area contributed by atoms with Crippen LogP contribution in [0.5, 0.6) is 5.75 Å². The molecule has 0 amide bonds. The van der Waals surface area contributed by atoms with Gasteiger partial charge in [-0.1, -0.05) is 0 Å². The van der Waals surface area contributed by atoms with Gasteiger partial charge in [0.1, 0.15) is 5.75 Å². The monoisotopic (exact) mass is 217 g/mol. The molecule has 0 aliphatic heterocycles. The molecule has 2 aromatic rings. The van der Waals surface area contributed by atoms with Crippen molar-refractivity contribution in [1.82, 2.24) is 15.0 Å². The maximum Gasteiger partial charge on any atom is 0.345 e. The Hall–Kier alpha value is -2.17. The number of pyridine rings is 1. The fourth-order valence-corrected chi connectivity index (χ4v) is 1.42. The molecule has 2 heterocycles. The highest BCUT2D eigenvalue weighted by Crippen LogP contribution is 2.21. The van der Waals surface area contributed by atoms with E-state index < -0.39 is 0 Å². The van der Waals surface area contributed by atoms with Crippen molar-refractivity contribution >= 4 is 0 Å². The number of nitrogens with zero attached hydrogens (tertiary/aromatic N) is 2. The number of aromatic nitrogens is 3. The normalized spacial score (nSPS) is 10.1. The van der Waals surface area contributed by atoms with Gasteiger partial charge in [0.05, 0.1) is 19.0 Å². The van der Waals surface area contributed by atoms with E-state index in [1.54, 1.807) is 19.5 Å². The lowest BCUT2D eigenvalue weighted by molar-refractivity contribution is 0.413. The average Bonchev–Trinajstić information content (AvgIpc) is 2.32. The smallest absolute Gasteiger partial charge is 0.345 e. The lowest BCUT2D eigenvalue weighted by Gasteiger charge is -2.05. The van der Waals surface area contributed by atoms with Gasteiger partial charge in [0.25, 0.3) is 0 Å². The van der Waals surface area contributed by atoms with Gasteiger partial charge < -0.3 is 9.72 Å². The molecule has 0 unspecified atom stereocenters. The van der Waals surface area contributed by atoms with Crippen molar-refractivity contribution in [2.24, 2.45) is 0 Å². The summed E-state index contributed by atoms with van der Waals surface area (Å²) >= 11 is 0. The fourth-order valence-electron chi connectivity index (χ4n) is 1.42. The predicted octanol–water partition coefficient (Wildman–Crippen LogP) is 1.15. The third kappa shape index (κ3) is 1.93. The van der Waals surface area contributed by atoms with Crippen molar-refractivity contribution < 1.29 is 4.74 Å². The number of aromatic amines is 1. The molecule has 0 spiro atoms. The molecule has 5 heteroatoms. The van der Waals surface area contributed by atoms with Crippen molar-refractivity contribution in [1.29, 1.82) is 0 Å². The largest absolute Gasteiger partial charge is 0.495 e. The van der Waals surface area contributed by atoms with Gasteiger partial charge in [-0.3, -0.25) is 4.98 Å². The minimum atomic E-state index is -0.372. The molecule has 0 aromatic carbocycles. The van der Waals surface area contributed by atoms with E-state index in [0.717, 1.165) is 11.1 Å². The molecular weight excluding hydrogens is 206 g/mol. The van der Waals surface area contributed by atoms with Crippen LogP contribution in [0.25, 0.3) is 11.3 Å². The van der Waals surface area contributed by atoms with Crippen molar-refractivity contribution in [3.63, 3.8) is 0 Å². The summed E-state index contributed by atoms with van der Waals surface area (Å²) in [6.07, 6.45) is 4.81. The summed E-state index contributed by atoms with van der Waals surface area (Å²) in [4.78, 5) is 21.5. The predicted molar refractivity (Wildman–Crippen MR) is 59.4 cm³/mol. The minimum absolute atomic E-state index is 0.372. The van der Waals surface area contributed by atoms with E-state index in [0.29, 0.717) is 11.4 Å². The topological polar surface area (TPSA) is 67.9 Å². The van der Waals surface area contributed by atoms with E-state index in [2.05, 4.69) is 15.0 Å². The SMILES string of the molecule is COc1cncc(-c2[nH]c(=O)ncc2C)c1. The quantitative estimate of drug-likeness (QED) is 0.819. The Balaban J connectivity index is 2.57. The van der Waals surface area contributed by atoms with Crippen molar-refractivity contribution in [2.75, 3.05) is 7.11 Å². The molecule has 0 atom stereocenters. The summed E-state index contributed by atoms with van der Waals surface area (Å²) in [5.41, 5.74) is 2.03. The summed E-state index contributed by atoms with van der Waals surface area (Å²) in [5, 5.41) is 0. The van der Waals surface area contributed by atoms with Crippen LogP contribution in [0.15, 0.2) is 29.5 Å². The summed E-state index contributed by atoms with van der Waals surface area (Å²) in [5.74, 6) is 0.648. The Morgan fingerprint density at radius 3 is 2.88 bits per heavy atom. The molecule has 0 saturated heterocycles. The van der Waals surface area contributed by atoms with E-state index in [1.165, 1.54) is 6.20 Å². The van der Waals surface area contributed by atoms with E-state index in [4.69, 9.17) is 4.74 Å². The Morgan fingerprint density at radius 1 is 1.31 bits per heavy atom. The van der Waals surface area contributed by atoms with Gasteiger partial charge in [-0.05, 0) is 18.6 Å². The Labute approximate surface area is 92.2 Å². The maximum atomic E-state index is 11.2. The highest BCUT2D eigenvalue weighted by atomic mass is 16.5. The van der Waals surface area contributed by atoms with Crippen LogP contribution >= 0.6 is 0 Å².